The minimum atomic E-state index is -0.206. The molecular formula is C13H8ClN3OS. The highest BCUT2D eigenvalue weighted by molar-refractivity contribution is 7.13. The van der Waals surface area contributed by atoms with Crippen LogP contribution in [0.5, 0.6) is 0 Å². The molecular weight excluding hydrogens is 282 g/mol. The summed E-state index contributed by atoms with van der Waals surface area (Å²) in [5.74, 6) is -0.206. The highest BCUT2D eigenvalue weighted by atomic mass is 35.5. The molecule has 0 bridgehead atoms. The van der Waals surface area contributed by atoms with Crippen molar-refractivity contribution in [2.75, 3.05) is 0 Å². The van der Waals surface area contributed by atoms with Gasteiger partial charge in [0.1, 0.15) is 0 Å². The van der Waals surface area contributed by atoms with Gasteiger partial charge in [0.05, 0.1) is 21.8 Å². The number of carbonyl (C=O) groups is 1. The highest BCUT2D eigenvalue weighted by Crippen LogP contribution is 2.24. The zero-order chi connectivity index (χ0) is 13.2. The quantitative estimate of drug-likeness (QED) is 0.696. The van der Waals surface area contributed by atoms with Gasteiger partial charge >= 0.3 is 0 Å². The molecule has 0 aliphatic carbocycles. The van der Waals surface area contributed by atoms with Gasteiger partial charge in [-0.25, -0.2) is 0 Å². The Bertz CT molecular complexity index is 720. The van der Waals surface area contributed by atoms with Crippen molar-refractivity contribution in [1.29, 1.82) is 0 Å². The number of carbonyl (C=O) groups excluding carboxylic acids is 1. The summed E-state index contributed by atoms with van der Waals surface area (Å²) in [5.41, 5.74) is 1.09. The predicted octanol–water partition coefficient (Wildman–Crippen LogP) is 3.21. The van der Waals surface area contributed by atoms with Crippen molar-refractivity contribution < 1.29 is 4.79 Å². The third-order valence-corrected chi connectivity index (χ3v) is 3.88. The Morgan fingerprint density at radius 2 is 2.00 bits per heavy atom. The second-order valence-corrected chi connectivity index (χ2v) is 5.10. The molecule has 19 heavy (non-hydrogen) atoms. The average Bonchev–Trinajstić information content (AvgIpc) is 3.08. The fourth-order valence-electron chi connectivity index (χ4n) is 1.62. The number of hydrogen-bond donors (Lipinski definition) is 0. The first-order valence-electron chi connectivity index (χ1n) is 5.51. The van der Waals surface area contributed by atoms with E-state index in [1.807, 2.05) is 30.3 Å². The van der Waals surface area contributed by atoms with Crippen molar-refractivity contribution in [2.45, 2.75) is 0 Å². The topological polar surface area (TPSA) is 47.8 Å². The van der Waals surface area contributed by atoms with E-state index in [9.17, 15) is 4.79 Å². The minimum absolute atomic E-state index is 0.206. The first-order valence-corrected chi connectivity index (χ1v) is 6.77. The van der Waals surface area contributed by atoms with Crippen LogP contribution < -0.4 is 0 Å². The van der Waals surface area contributed by atoms with Crippen molar-refractivity contribution in [3.8, 4) is 5.69 Å². The van der Waals surface area contributed by atoms with Crippen LogP contribution in [0.3, 0.4) is 0 Å². The minimum Gasteiger partial charge on any atom is -0.286 e. The lowest BCUT2D eigenvalue weighted by Gasteiger charge is -1.97. The largest absolute Gasteiger partial charge is 0.286 e. The summed E-state index contributed by atoms with van der Waals surface area (Å²) in [5, 5.41) is 10.5. The maximum Gasteiger partial charge on any atom is 0.226 e. The summed E-state index contributed by atoms with van der Waals surface area (Å²) in [6.07, 6.45) is 1.45. The number of ketones is 1. The molecule has 0 fully saturated rings. The number of aromatic nitrogens is 3. The molecule has 0 N–H and O–H groups in total. The molecule has 94 valence electrons. The summed E-state index contributed by atoms with van der Waals surface area (Å²) in [6.45, 7) is 0. The lowest BCUT2D eigenvalue weighted by atomic mass is 10.2. The van der Waals surface area contributed by atoms with Gasteiger partial charge in [-0.2, -0.15) is 9.90 Å². The standard InChI is InChI=1S/C13H8ClN3OS/c14-10-6-7-19-13(10)12(18)11-8-15-17(16-11)9-4-2-1-3-5-9/h1-8H. The van der Waals surface area contributed by atoms with E-state index >= 15 is 0 Å². The highest BCUT2D eigenvalue weighted by Gasteiger charge is 2.17. The third kappa shape index (κ3) is 2.30. The summed E-state index contributed by atoms with van der Waals surface area (Å²) in [6, 6.07) is 11.1. The van der Waals surface area contributed by atoms with Gasteiger partial charge in [-0.15, -0.1) is 16.4 Å². The number of hydrogen-bond acceptors (Lipinski definition) is 4. The third-order valence-electron chi connectivity index (χ3n) is 2.54. The molecule has 2 heterocycles. The number of halogens is 1. The molecule has 2 aromatic heterocycles. The Morgan fingerprint density at radius 1 is 1.21 bits per heavy atom. The monoisotopic (exact) mass is 289 g/mol. The normalized spacial score (nSPS) is 10.6. The van der Waals surface area contributed by atoms with Gasteiger partial charge in [-0.05, 0) is 23.6 Å². The molecule has 0 saturated carbocycles. The van der Waals surface area contributed by atoms with Gasteiger partial charge in [-0.3, -0.25) is 4.79 Å². The molecule has 0 saturated heterocycles. The maximum absolute atomic E-state index is 12.2. The van der Waals surface area contributed by atoms with Crippen molar-refractivity contribution in [3.05, 3.63) is 63.6 Å². The van der Waals surface area contributed by atoms with E-state index in [1.54, 1.807) is 11.4 Å². The molecule has 3 rings (SSSR count). The van der Waals surface area contributed by atoms with E-state index in [4.69, 9.17) is 11.6 Å². The molecule has 0 radical (unpaired) electrons. The lowest BCUT2D eigenvalue weighted by molar-refractivity contribution is 0.103. The zero-order valence-corrected chi connectivity index (χ0v) is 11.2. The van der Waals surface area contributed by atoms with E-state index in [0.717, 1.165) is 5.69 Å². The fraction of sp³-hybridized carbons (Fsp3) is 0. The van der Waals surface area contributed by atoms with Gasteiger partial charge < -0.3 is 0 Å². The van der Waals surface area contributed by atoms with E-state index in [0.29, 0.717) is 9.90 Å². The van der Waals surface area contributed by atoms with E-state index < -0.39 is 0 Å². The molecule has 6 heteroatoms. The van der Waals surface area contributed by atoms with Crippen molar-refractivity contribution in [3.63, 3.8) is 0 Å². The molecule has 4 nitrogen and oxygen atoms in total. The smallest absolute Gasteiger partial charge is 0.226 e. The van der Waals surface area contributed by atoms with Crippen molar-refractivity contribution >= 4 is 28.7 Å². The van der Waals surface area contributed by atoms with Gasteiger partial charge in [0.2, 0.25) is 5.78 Å². The predicted molar refractivity (Wildman–Crippen MR) is 74.1 cm³/mol. The van der Waals surface area contributed by atoms with Crippen LogP contribution in [-0.4, -0.2) is 20.8 Å². The van der Waals surface area contributed by atoms with Gasteiger partial charge in [0, 0.05) is 0 Å². The number of nitrogens with zero attached hydrogens (tertiary/aromatic N) is 3. The fourth-order valence-corrected chi connectivity index (χ4v) is 2.71. The maximum atomic E-state index is 12.2. The molecule has 0 aliphatic rings. The molecule has 1 aromatic carbocycles. The van der Waals surface area contributed by atoms with Gasteiger partial charge in [0.15, 0.2) is 5.69 Å². The van der Waals surface area contributed by atoms with Crippen LogP contribution in [0.4, 0.5) is 0 Å². The number of thiophene rings is 1. The molecule has 0 atom stereocenters. The molecule has 0 spiro atoms. The van der Waals surface area contributed by atoms with Crippen molar-refractivity contribution in [1.82, 2.24) is 15.0 Å². The second kappa shape index (κ2) is 4.95. The molecule has 0 amide bonds. The number of para-hydroxylation sites is 1. The van der Waals surface area contributed by atoms with Crippen LogP contribution in [0.1, 0.15) is 15.4 Å². The SMILES string of the molecule is O=C(c1cnn(-c2ccccc2)n1)c1sccc1Cl. The lowest BCUT2D eigenvalue weighted by Crippen LogP contribution is -2.03. The number of benzene rings is 1. The van der Waals surface area contributed by atoms with Crippen LogP contribution in [0.25, 0.3) is 5.69 Å². The Labute approximate surface area is 118 Å². The summed E-state index contributed by atoms with van der Waals surface area (Å²) in [7, 11) is 0. The van der Waals surface area contributed by atoms with Crippen molar-refractivity contribution in [2.24, 2.45) is 0 Å². The number of rotatable bonds is 3. The van der Waals surface area contributed by atoms with Crippen LogP contribution in [-0.2, 0) is 0 Å². The van der Waals surface area contributed by atoms with Gasteiger partial charge in [0.25, 0.3) is 0 Å². The Kier molecular flexibility index (Phi) is 3.15. The molecule has 0 unspecified atom stereocenters. The van der Waals surface area contributed by atoms with Crippen LogP contribution in [0, 0.1) is 0 Å². The zero-order valence-electron chi connectivity index (χ0n) is 9.65. The summed E-state index contributed by atoms with van der Waals surface area (Å²) < 4.78 is 0. The first kappa shape index (κ1) is 12.1. The molecule has 0 aliphatic heterocycles. The Morgan fingerprint density at radius 3 is 2.68 bits per heavy atom. The average molecular weight is 290 g/mol. The first-order chi connectivity index (χ1) is 9.25. The summed E-state index contributed by atoms with van der Waals surface area (Å²) >= 11 is 7.24. The molecule has 3 aromatic rings. The van der Waals surface area contributed by atoms with Crippen LogP contribution >= 0.6 is 22.9 Å². The Hall–Kier alpha value is -1.98. The van der Waals surface area contributed by atoms with E-state index in [1.165, 1.54) is 22.3 Å². The van der Waals surface area contributed by atoms with E-state index in [2.05, 4.69) is 10.2 Å². The van der Waals surface area contributed by atoms with Crippen LogP contribution in [0.15, 0.2) is 48.0 Å². The van der Waals surface area contributed by atoms with Crippen LogP contribution in [0.2, 0.25) is 5.02 Å². The second-order valence-electron chi connectivity index (χ2n) is 3.78. The van der Waals surface area contributed by atoms with E-state index in [-0.39, 0.29) is 11.5 Å². The van der Waals surface area contributed by atoms with Gasteiger partial charge in [-0.1, -0.05) is 29.8 Å². The summed E-state index contributed by atoms with van der Waals surface area (Å²) in [4.78, 5) is 14.1. The Balaban J connectivity index is 1.94.